The molecule has 2 saturated heterocycles. The number of nitrogens with zero attached hydrogens (tertiary/aromatic N) is 7. The number of hydrogen-bond donors (Lipinski definition) is 1. The second-order valence-electron chi connectivity index (χ2n) is 8.55. The lowest BCUT2D eigenvalue weighted by Gasteiger charge is -2.32. The fourth-order valence-corrected chi connectivity index (χ4v) is 3.99. The van der Waals surface area contributed by atoms with Crippen molar-refractivity contribution in [3.8, 4) is 22.9 Å². The zero-order valence-electron chi connectivity index (χ0n) is 19.6. The number of morpholine rings is 1. The lowest BCUT2D eigenvalue weighted by Crippen LogP contribution is -2.47. The largest absolute Gasteiger partial charge is 0.439 e. The number of piperazine rings is 1. The summed E-state index contributed by atoms with van der Waals surface area (Å²) < 4.78 is 11.6. The van der Waals surface area contributed by atoms with Gasteiger partial charge in [0.15, 0.2) is 0 Å². The van der Waals surface area contributed by atoms with Crippen LogP contribution in [0.4, 0.5) is 11.9 Å². The van der Waals surface area contributed by atoms with Crippen molar-refractivity contribution in [3.05, 3.63) is 48.3 Å². The fraction of sp³-hybridized carbons (Fsp3) is 0.375. The van der Waals surface area contributed by atoms with Gasteiger partial charge in [0.25, 0.3) is 5.91 Å². The second-order valence-corrected chi connectivity index (χ2v) is 8.55. The third kappa shape index (κ3) is 5.47. The SMILES string of the molecule is CN1CCN(C(=O)c2cccc(Oc3cc(-c4cnc(N)nc4)nc(N4CCOCC4)n3)c2)CC1. The number of anilines is 2. The van der Waals surface area contributed by atoms with E-state index in [1.807, 2.05) is 28.0 Å². The van der Waals surface area contributed by atoms with E-state index < -0.39 is 0 Å². The number of hydrogen-bond acceptors (Lipinski definition) is 10. The Kier molecular flexibility index (Phi) is 6.68. The first-order valence-electron chi connectivity index (χ1n) is 11.6. The Bertz CT molecular complexity index is 1180. The maximum absolute atomic E-state index is 13.0. The molecule has 2 aliphatic rings. The molecule has 0 spiro atoms. The average Bonchev–Trinajstić information content (AvgIpc) is 2.90. The molecule has 0 radical (unpaired) electrons. The van der Waals surface area contributed by atoms with Gasteiger partial charge in [0.05, 0.1) is 18.9 Å². The summed E-state index contributed by atoms with van der Waals surface area (Å²) in [6.45, 7) is 5.71. The molecule has 182 valence electrons. The van der Waals surface area contributed by atoms with Crippen LogP contribution in [-0.4, -0.2) is 95.2 Å². The maximum atomic E-state index is 13.0. The van der Waals surface area contributed by atoms with Crippen molar-refractivity contribution in [1.29, 1.82) is 0 Å². The summed E-state index contributed by atoms with van der Waals surface area (Å²) in [6.07, 6.45) is 3.24. The second kappa shape index (κ2) is 10.2. The van der Waals surface area contributed by atoms with E-state index in [4.69, 9.17) is 20.2 Å². The molecular formula is C24H28N8O3. The van der Waals surface area contributed by atoms with Gasteiger partial charge in [-0.3, -0.25) is 4.79 Å². The van der Waals surface area contributed by atoms with Crippen LogP contribution in [0.25, 0.3) is 11.3 Å². The lowest BCUT2D eigenvalue weighted by molar-refractivity contribution is 0.0664. The molecule has 0 unspecified atom stereocenters. The van der Waals surface area contributed by atoms with Crippen LogP contribution >= 0.6 is 0 Å². The van der Waals surface area contributed by atoms with Crippen LogP contribution in [0, 0.1) is 0 Å². The first kappa shape index (κ1) is 22.9. The minimum atomic E-state index is -0.0000413. The van der Waals surface area contributed by atoms with Crippen LogP contribution in [0.5, 0.6) is 11.6 Å². The molecule has 0 atom stereocenters. The monoisotopic (exact) mass is 476 g/mol. The average molecular weight is 477 g/mol. The van der Waals surface area contributed by atoms with Gasteiger partial charge in [0.1, 0.15) is 5.75 Å². The van der Waals surface area contributed by atoms with E-state index in [-0.39, 0.29) is 11.9 Å². The van der Waals surface area contributed by atoms with Crippen molar-refractivity contribution in [2.24, 2.45) is 0 Å². The predicted octanol–water partition coefficient (Wildman–Crippen LogP) is 1.53. The highest BCUT2D eigenvalue weighted by Crippen LogP contribution is 2.28. The quantitative estimate of drug-likeness (QED) is 0.580. The van der Waals surface area contributed by atoms with Crippen LogP contribution in [-0.2, 0) is 4.74 Å². The molecule has 35 heavy (non-hydrogen) atoms. The number of aromatic nitrogens is 4. The Hall–Kier alpha value is -3.83. The van der Waals surface area contributed by atoms with Gasteiger partial charge in [-0.25, -0.2) is 15.0 Å². The topological polar surface area (TPSA) is 123 Å². The number of ether oxygens (including phenoxy) is 2. The van der Waals surface area contributed by atoms with Crippen molar-refractivity contribution >= 4 is 17.8 Å². The highest BCUT2D eigenvalue weighted by Gasteiger charge is 2.21. The molecule has 1 aromatic carbocycles. The third-order valence-corrected chi connectivity index (χ3v) is 6.05. The Morgan fingerprint density at radius 3 is 2.49 bits per heavy atom. The van der Waals surface area contributed by atoms with E-state index in [9.17, 15) is 4.79 Å². The standard InChI is InChI=1S/C24H28N8O3/c1-30-5-7-31(8-6-30)22(33)17-3-2-4-19(13-17)35-21-14-20(18-15-26-23(25)27-16-18)28-24(29-21)32-9-11-34-12-10-32/h2-4,13-16H,5-12H2,1H3,(H2,25,26,27). The lowest BCUT2D eigenvalue weighted by atomic mass is 10.1. The van der Waals surface area contributed by atoms with E-state index in [0.29, 0.717) is 73.8 Å². The number of nitrogen functional groups attached to an aromatic ring is 1. The van der Waals surface area contributed by atoms with Crippen LogP contribution in [0.2, 0.25) is 0 Å². The first-order chi connectivity index (χ1) is 17.0. The van der Waals surface area contributed by atoms with Crippen molar-refractivity contribution in [1.82, 2.24) is 29.7 Å². The molecule has 2 aromatic heterocycles. The van der Waals surface area contributed by atoms with Crippen LogP contribution in [0.15, 0.2) is 42.7 Å². The molecule has 4 heterocycles. The van der Waals surface area contributed by atoms with Crippen LogP contribution < -0.4 is 15.4 Å². The van der Waals surface area contributed by atoms with Crippen molar-refractivity contribution < 1.29 is 14.3 Å². The predicted molar refractivity (Wildman–Crippen MR) is 130 cm³/mol. The summed E-state index contributed by atoms with van der Waals surface area (Å²) in [5.41, 5.74) is 7.54. The summed E-state index contributed by atoms with van der Waals surface area (Å²) in [6, 6.07) is 8.92. The van der Waals surface area contributed by atoms with Gasteiger partial charge < -0.3 is 29.9 Å². The highest BCUT2D eigenvalue weighted by molar-refractivity contribution is 5.94. The normalized spacial score (nSPS) is 16.8. The molecule has 2 N–H and O–H groups in total. The number of nitrogens with two attached hydrogens (primary N) is 1. The number of carbonyl (C=O) groups is 1. The van der Waals surface area contributed by atoms with Crippen LogP contribution in [0.3, 0.4) is 0 Å². The molecule has 1 amide bonds. The zero-order chi connectivity index (χ0) is 24.2. The smallest absolute Gasteiger partial charge is 0.254 e. The van der Waals surface area contributed by atoms with Gasteiger partial charge in [-0.2, -0.15) is 4.98 Å². The maximum Gasteiger partial charge on any atom is 0.254 e. The molecule has 3 aromatic rings. The molecule has 2 fully saturated rings. The molecular weight excluding hydrogens is 448 g/mol. The molecule has 2 aliphatic heterocycles. The summed E-state index contributed by atoms with van der Waals surface area (Å²) in [4.78, 5) is 36.7. The van der Waals surface area contributed by atoms with Gasteiger partial charge in [0.2, 0.25) is 17.8 Å². The molecule has 11 heteroatoms. The van der Waals surface area contributed by atoms with Gasteiger partial charge in [-0.1, -0.05) is 6.07 Å². The zero-order valence-corrected chi connectivity index (χ0v) is 19.6. The van der Waals surface area contributed by atoms with Gasteiger partial charge in [-0.15, -0.1) is 0 Å². The summed E-state index contributed by atoms with van der Waals surface area (Å²) in [5, 5.41) is 0. The summed E-state index contributed by atoms with van der Waals surface area (Å²) >= 11 is 0. The van der Waals surface area contributed by atoms with Gasteiger partial charge in [0, 0.05) is 68.9 Å². The Morgan fingerprint density at radius 2 is 1.74 bits per heavy atom. The first-order valence-corrected chi connectivity index (χ1v) is 11.6. The van der Waals surface area contributed by atoms with E-state index >= 15 is 0 Å². The Balaban J connectivity index is 1.42. The number of likely N-dealkylation sites (N-methyl/N-ethyl adjacent to an activating group) is 1. The number of amides is 1. The number of benzene rings is 1. The number of rotatable bonds is 5. The Morgan fingerprint density at radius 1 is 1.00 bits per heavy atom. The van der Waals surface area contributed by atoms with E-state index in [2.05, 4.69) is 26.9 Å². The molecule has 11 nitrogen and oxygen atoms in total. The number of carbonyl (C=O) groups excluding carboxylic acids is 1. The van der Waals surface area contributed by atoms with Gasteiger partial charge in [-0.05, 0) is 25.2 Å². The van der Waals surface area contributed by atoms with E-state index in [1.165, 1.54) is 0 Å². The molecule has 5 rings (SSSR count). The molecule has 0 saturated carbocycles. The minimum Gasteiger partial charge on any atom is -0.439 e. The molecule has 0 bridgehead atoms. The summed E-state index contributed by atoms with van der Waals surface area (Å²) in [5.74, 6) is 1.60. The van der Waals surface area contributed by atoms with E-state index in [0.717, 1.165) is 13.1 Å². The van der Waals surface area contributed by atoms with Crippen molar-refractivity contribution in [3.63, 3.8) is 0 Å². The van der Waals surface area contributed by atoms with Gasteiger partial charge >= 0.3 is 0 Å². The molecule has 0 aliphatic carbocycles. The third-order valence-electron chi connectivity index (χ3n) is 6.05. The fourth-order valence-electron chi connectivity index (χ4n) is 3.99. The van der Waals surface area contributed by atoms with Crippen molar-refractivity contribution in [2.75, 3.05) is 70.2 Å². The summed E-state index contributed by atoms with van der Waals surface area (Å²) in [7, 11) is 2.06. The van der Waals surface area contributed by atoms with Crippen LogP contribution in [0.1, 0.15) is 10.4 Å². The van der Waals surface area contributed by atoms with E-state index in [1.54, 1.807) is 24.5 Å². The van der Waals surface area contributed by atoms with Crippen molar-refractivity contribution in [2.45, 2.75) is 0 Å². The Labute approximate surface area is 203 Å². The minimum absolute atomic E-state index is 0.0000413. The highest BCUT2D eigenvalue weighted by atomic mass is 16.5.